The minimum atomic E-state index is -1.06. The molecule has 0 aromatic rings. The van der Waals surface area contributed by atoms with Crippen LogP contribution >= 0.6 is 0 Å². The Hall–Kier alpha value is -0.700. The fourth-order valence-electron chi connectivity index (χ4n) is 1.33. The van der Waals surface area contributed by atoms with Crippen molar-refractivity contribution in [3.05, 3.63) is 12.2 Å². The molecule has 0 aliphatic rings. The van der Waals surface area contributed by atoms with Gasteiger partial charge in [-0.3, -0.25) is 4.79 Å². The van der Waals surface area contributed by atoms with E-state index in [1.807, 2.05) is 14.0 Å². The molecular formula is C12H22FNO. The molecule has 0 saturated carbocycles. The van der Waals surface area contributed by atoms with Crippen molar-refractivity contribution in [1.82, 2.24) is 4.90 Å². The van der Waals surface area contributed by atoms with Gasteiger partial charge in [-0.2, -0.15) is 0 Å². The fraction of sp³-hybridized carbons (Fsp3) is 0.750. The van der Waals surface area contributed by atoms with Crippen molar-refractivity contribution in [2.75, 3.05) is 20.1 Å². The number of halogens is 1. The Kier molecular flexibility index (Phi) is 7.22. The minimum absolute atomic E-state index is 0.0147. The molecule has 3 heteroatoms. The number of ketones is 1. The summed E-state index contributed by atoms with van der Waals surface area (Å²) >= 11 is 0. The average Bonchev–Trinajstić information content (AvgIpc) is 2.16. The van der Waals surface area contributed by atoms with E-state index in [9.17, 15) is 9.18 Å². The van der Waals surface area contributed by atoms with Gasteiger partial charge in [0.1, 0.15) is 12.0 Å². The molecule has 0 spiro atoms. The molecule has 0 bridgehead atoms. The van der Waals surface area contributed by atoms with E-state index in [4.69, 9.17) is 0 Å². The first kappa shape index (κ1) is 14.3. The lowest BCUT2D eigenvalue weighted by Gasteiger charge is -2.16. The molecule has 0 radical (unpaired) electrons. The van der Waals surface area contributed by atoms with Gasteiger partial charge in [0.2, 0.25) is 0 Å². The zero-order valence-corrected chi connectivity index (χ0v) is 10.1. The first-order valence-corrected chi connectivity index (χ1v) is 5.50. The Bertz CT molecular complexity index is 216. The van der Waals surface area contributed by atoms with Crippen molar-refractivity contribution >= 4 is 5.78 Å². The minimum Gasteiger partial charge on any atom is -0.303 e. The summed E-state index contributed by atoms with van der Waals surface area (Å²) < 4.78 is 13.3. The van der Waals surface area contributed by atoms with Crippen LogP contribution in [0.3, 0.4) is 0 Å². The normalized spacial score (nSPS) is 12.9. The van der Waals surface area contributed by atoms with Gasteiger partial charge >= 0.3 is 0 Å². The molecule has 0 aromatic heterocycles. The Morgan fingerprint density at radius 2 is 2.00 bits per heavy atom. The van der Waals surface area contributed by atoms with Crippen LogP contribution in [0.15, 0.2) is 12.2 Å². The molecule has 0 aromatic carbocycles. The van der Waals surface area contributed by atoms with E-state index in [1.165, 1.54) is 0 Å². The maximum absolute atomic E-state index is 13.3. The van der Waals surface area contributed by atoms with Crippen molar-refractivity contribution in [2.24, 2.45) is 0 Å². The number of alkyl halides is 1. The molecule has 0 rings (SSSR count). The molecule has 88 valence electrons. The Balaban J connectivity index is 3.81. The van der Waals surface area contributed by atoms with Gasteiger partial charge in [0, 0.05) is 25.8 Å². The number of rotatable bonds is 8. The lowest BCUT2D eigenvalue weighted by atomic mass is 10.0. The van der Waals surface area contributed by atoms with Gasteiger partial charge in [-0.05, 0) is 13.6 Å². The third-order valence-corrected chi connectivity index (χ3v) is 2.39. The molecular weight excluding hydrogens is 193 g/mol. The highest BCUT2D eigenvalue weighted by Crippen LogP contribution is 2.12. The molecule has 1 unspecified atom stereocenters. The number of hydrogen-bond acceptors (Lipinski definition) is 2. The second-order valence-corrected chi connectivity index (χ2v) is 3.98. The van der Waals surface area contributed by atoms with Gasteiger partial charge in [0.25, 0.3) is 0 Å². The van der Waals surface area contributed by atoms with Gasteiger partial charge in [-0.25, -0.2) is 4.39 Å². The van der Waals surface area contributed by atoms with Crippen molar-refractivity contribution in [2.45, 2.75) is 39.3 Å². The van der Waals surface area contributed by atoms with Crippen molar-refractivity contribution in [1.29, 1.82) is 0 Å². The van der Waals surface area contributed by atoms with Crippen molar-refractivity contribution in [3.8, 4) is 0 Å². The molecule has 0 fully saturated rings. The van der Waals surface area contributed by atoms with E-state index in [2.05, 4.69) is 11.5 Å². The monoisotopic (exact) mass is 215 g/mol. The van der Waals surface area contributed by atoms with Crippen LogP contribution in [0, 0.1) is 0 Å². The van der Waals surface area contributed by atoms with E-state index in [1.54, 1.807) is 6.92 Å². The zero-order valence-electron chi connectivity index (χ0n) is 10.1. The highest BCUT2D eigenvalue weighted by atomic mass is 19.1. The van der Waals surface area contributed by atoms with E-state index in [0.717, 1.165) is 12.1 Å². The summed E-state index contributed by atoms with van der Waals surface area (Å²) in [5.74, 6) is -0.0147. The predicted octanol–water partition coefficient (Wildman–Crippen LogP) is 2.59. The van der Waals surface area contributed by atoms with Crippen LogP contribution in [0.4, 0.5) is 4.39 Å². The summed E-state index contributed by atoms with van der Waals surface area (Å²) in [5, 5.41) is 0. The van der Waals surface area contributed by atoms with Crippen molar-refractivity contribution < 1.29 is 9.18 Å². The molecule has 2 nitrogen and oxygen atoms in total. The lowest BCUT2D eigenvalue weighted by Crippen LogP contribution is -2.21. The summed E-state index contributed by atoms with van der Waals surface area (Å²) in [6.45, 7) is 9.25. The van der Waals surface area contributed by atoms with Crippen LogP contribution in [0.2, 0.25) is 0 Å². The predicted molar refractivity (Wildman–Crippen MR) is 61.7 cm³/mol. The quantitative estimate of drug-likeness (QED) is 0.580. The Morgan fingerprint density at radius 3 is 2.47 bits per heavy atom. The highest BCUT2D eigenvalue weighted by Gasteiger charge is 2.13. The number of hydrogen-bond donors (Lipinski definition) is 0. The number of likely N-dealkylation sites (N-methyl/N-ethyl adjacent to an activating group) is 1. The maximum atomic E-state index is 13.3. The smallest absolute Gasteiger partial charge is 0.135 e. The summed E-state index contributed by atoms with van der Waals surface area (Å²) in [7, 11) is 1.97. The topological polar surface area (TPSA) is 20.3 Å². The second-order valence-electron chi connectivity index (χ2n) is 3.98. The third-order valence-electron chi connectivity index (χ3n) is 2.39. The van der Waals surface area contributed by atoms with Gasteiger partial charge in [-0.1, -0.05) is 26.0 Å². The van der Waals surface area contributed by atoms with Gasteiger partial charge in [0.15, 0.2) is 0 Å². The molecule has 0 aliphatic heterocycles. The zero-order chi connectivity index (χ0) is 11.8. The first-order valence-electron chi connectivity index (χ1n) is 5.50. The molecule has 0 N–H and O–H groups in total. The number of nitrogens with zero attached hydrogens (tertiary/aromatic N) is 1. The molecule has 15 heavy (non-hydrogen) atoms. The van der Waals surface area contributed by atoms with E-state index >= 15 is 0 Å². The molecule has 0 heterocycles. The molecule has 1 atom stereocenters. The van der Waals surface area contributed by atoms with E-state index in [0.29, 0.717) is 19.4 Å². The summed E-state index contributed by atoms with van der Waals surface area (Å²) in [6, 6.07) is 0. The summed E-state index contributed by atoms with van der Waals surface area (Å²) in [5.41, 5.74) is 0.857. The van der Waals surface area contributed by atoms with Crippen LogP contribution in [-0.2, 0) is 4.79 Å². The largest absolute Gasteiger partial charge is 0.303 e. The fourth-order valence-corrected chi connectivity index (χ4v) is 1.33. The van der Waals surface area contributed by atoms with Crippen molar-refractivity contribution in [3.63, 3.8) is 0 Å². The summed E-state index contributed by atoms with van der Waals surface area (Å²) in [4.78, 5) is 13.1. The molecule has 0 saturated heterocycles. The second kappa shape index (κ2) is 7.57. The van der Waals surface area contributed by atoms with E-state index in [-0.39, 0.29) is 12.2 Å². The van der Waals surface area contributed by atoms with Crippen LogP contribution < -0.4 is 0 Å². The van der Waals surface area contributed by atoms with Gasteiger partial charge in [0.05, 0.1) is 0 Å². The third kappa shape index (κ3) is 7.25. The Labute approximate surface area is 92.2 Å². The average molecular weight is 215 g/mol. The number of carbonyl (C=O) groups excluding carboxylic acids is 1. The molecule has 0 amide bonds. The lowest BCUT2D eigenvalue weighted by molar-refractivity contribution is -0.119. The standard InChI is InChI=1S/C12H22FNO/c1-5-12(15)8-11(13)7-10(3)9-14(4)6-2/h11H,3,5-9H2,1-2,4H3. The van der Waals surface area contributed by atoms with Crippen LogP contribution in [0.5, 0.6) is 0 Å². The SMILES string of the molecule is C=C(CC(F)CC(=O)CC)CN(C)CC. The maximum Gasteiger partial charge on any atom is 0.135 e. The van der Waals surface area contributed by atoms with Gasteiger partial charge < -0.3 is 4.90 Å². The number of carbonyl (C=O) groups is 1. The van der Waals surface area contributed by atoms with Crippen LogP contribution in [0.25, 0.3) is 0 Å². The van der Waals surface area contributed by atoms with Gasteiger partial charge in [-0.15, -0.1) is 0 Å². The molecule has 0 aliphatic carbocycles. The Morgan fingerprint density at radius 1 is 1.40 bits per heavy atom. The van der Waals surface area contributed by atoms with E-state index < -0.39 is 6.17 Å². The van der Waals surface area contributed by atoms with Crippen LogP contribution in [0.1, 0.15) is 33.1 Å². The first-order chi connectivity index (χ1) is 6.99. The summed E-state index contributed by atoms with van der Waals surface area (Å²) in [6.07, 6.45) is -0.307. The van der Waals surface area contributed by atoms with Crippen LogP contribution in [-0.4, -0.2) is 37.0 Å². The number of Topliss-reactive ketones (excluding diaryl/α,β-unsaturated/α-hetero) is 1. The highest BCUT2D eigenvalue weighted by molar-refractivity contribution is 5.78.